The molecule has 0 bridgehead atoms. The number of aryl methyl sites for hydroxylation is 1. The Hall–Kier alpha value is -3.02. The van der Waals surface area contributed by atoms with Gasteiger partial charge >= 0.3 is 0 Å². The van der Waals surface area contributed by atoms with Gasteiger partial charge < -0.3 is 20.0 Å². The maximum Gasteiger partial charge on any atom is 0.287 e. The second kappa shape index (κ2) is 6.39. The van der Waals surface area contributed by atoms with Gasteiger partial charge in [0.25, 0.3) is 11.8 Å². The van der Waals surface area contributed by atoms with Crippen LogP contribution in [0.4, 0.5) is 0 Å². The zero-order valence-corrected chi connectivity index (χ0v) is 12.7. The molecule has 0 saturated carbocycles. The molecular formula is C17H17N3O3. The molecule has 2 amide bonds. The molecule has 0 aliphatic rings. The molecule has 118 valence electrons. The largest absolute Gasteiger partial charge is 0.459 e. The third kappa shape index (κ3) is 3.42. The Morgan fingerprint density at radius 1 is 1.09 bits per heavy atom. The predicted molar refractivity (Wildman–Crippen MR) is 86.4 cm³/mol. The number of benzene rings is 1. The van der Waals surface area contributed by atoms with Crippen LogP contribution in [0.1, 0.15) is 26.6 Å². The van der Waals surface area contributed by atoms with Crippen LogP contribution in [0.25, 0.3) is 10.9 Å². The molecule has 0 aliphatic heterocycles. The number of H-pyrrole nitrogens is 1. The van der Waals surface area contributed by atoms with E-state index in [1.54, 1.807) is 12.1 Å². The second-order valence-corrected chi connectivity index (χ2v) is 5.26. The molecule has 6 heteroatoms. The van der Waals surface area contributed by atoms with Crippen molar-refractivity contribution in [1.82, 2.24) is 15.6 Å². The fourth-order valence-corrected chi connectivity index (χ4v) is 2.31. The number of rotatable bonds is 5. The standard InChI is InChI=1S/C17H17N3O3/c1-11-4-5-12-10-14(20-13(12)9-11)16(21)18-6-7-19-17(22)15-3-2-8-23-15/h2-5,8-10,20H,6-7H2,1H3,(H,18,21)(H,19,22). The van der Waals surface area contributed by atoms with Crippen LogP contribution in [0, 0.1) is 6.92 Å². The van der Waals surface area contributed by atoms with Crippen molar-refractivity contribution in [3.63, 3.8) is 0 Å². The number of aromatic nitrogens is 1. The highest BCUT2D eigenvalue weighted by atomic mass is 16.3. The molecule has 0 unspecified atom stereocenters. The smallest absolute Gasteiger partial charge is 0.287 e. The fourth-order valence-electron chi connectivity index (χ4n) is 2.31. The number of fused-ring (bicyclic) bond motifs is 1. The number of carbonyl (C=O) groups is 2. The van der Waals surface area contributed by atoms with E-state index in [1.807, 2.05) is 31.2 Å². The van der Waals surface area contributed by atoms with Crippen LogP contribution in [0.3, 0.4) is 0 Å². The van der Waals surface area contributed by atoms with Gasteiger partial charge in [0.15, 0.2) is 5.76 Å². The van der Waals surface area contributed by atoms with Crippen LogP contribution in [0.15, 0.2) is 47.1 Å². The molecule has 1 aromatic carbocycles. The molecule has 2 aromatic heterocycles. The van der Waals surface area contributed by atoms with Crippen LogP contribution in [-0.4, -0.2) is 29.9 Å². The van der Waals surface area contributed by atoms with E-state index >= 15 is 0 Å². The summed E-state index contributed by atoms with van der Waals surface area (Å²) in [7, 11) is 0. The number of hydrogen-bond acceptors (Lipinski definition) is 3. The summed E-state index contributed by atoms with van der Waals surface area (Å²) in [6, 6.07) is 11.0. The molecular weight excluding hydrogens is 294 g/mol. The minimum atomic E-state index is -0.301. The number of nitrogens with one attached hydrogen (secondary N) is 3. The van der Waals surface area contributed by atoms with Crippen LogP contribution in [0.2, 0.25) is 0 Å². The van der Waals surface area contributed by atoms with Gasteiger partial charge in [-0.05, 0) is 36.8 Å². The van der Waals surface area contributed by atoms with Gasteiger partial charge in [0.05, 0.1) is 6.26 Å². The lowest BCUT2D eigenvalue weighted by Crippen LogP contribution is -2.34. The first kappa shape index (κ1) is 14.9. The van der Waals surface area contributed by atoms with E-state index in [9.17, 15) is 9.59 Å². The van der Waals surface area contributed by atoms with E-state index in [0.29, 0.717) is 18.8 Å². The van der Waals surface area contributed by atoms with E-state index in [2.05, 4.69) is 15.6 Å². The summed E-state index contributed by atoms with van der Waals surface area (Å²) in [5.74, 6) is -0.251. The molecule has 3 rings (SSSR count). The summed E-state index contributed by atoms with van der Waals surface area (Å²) in [6.07, 6.45) is 1.44. The molecule has 2 heterocycles. The minimum absolute atomic E-state index is 0.203. The maximum atomic E-state index is 12.1. The molecule has 0 fully saturated rings. The number of carbonyl (C=O) groups excluding carboxylic acids is 2. The fraction of sp³-hybridized carbons (Fsp3) is 0.176. The number of aromatic amines is 1. The Balaban J connectivity index is 1.51. The maximum absolute atomic E-state index is 12.1. The van der Waals surface area contributed by atoms with Crippen molar-refractivity contribution in [2.45, 2.75) is 6.92 Å². The van der Waals surface area contributed by atoms with Crippen molar-refractivity contribution in [2.24, 2.45) is 0 Å². The van der Waals surface area contributed by atoms with Crippen molar-refractivity contribution in [3.8, 4) is 0 Å². The van der Waals surface area contributed by atoms with Crippen LogP contribution < -0.4 is 10.6 Å². The highest BCUT2D eigenvalue weighted by molar-refractivity contribution is 5.98. The first-order valence-electron chi connectivity index (χ1n) is 7.33. The van der Waals surface area contributed by atoms with Crippen molar-refractivity contribution < 1.29 is 14.0 Å². The SMILES string of the molecule is Cc1ccc2cc(C(=O)NCCNC(=O)c3ccco3)[nH]c2c1. The van der Waals surface area contributed by atoms with Gasteiger partial charge in [0, 0.05) is 24.0 Å². The average Bonchev–Trinajstić information content (AvgIpc) is 3.19. The topological polar surface area (TPSA) is 87.1 Å². The van der Waals surface area contributed by atoms with Crippen molar-refractivity contribution in [1.29, 1.82) is 0 Å². The Morgan fingerprint density at radius 2 is 1.87 bits per heavy atom. The average molecular weight is 311 g/mol. The Labute approximate surface area is 132 Å². The lowest BCUT2D eigenvalue weighted by Gasteiger charge is -2.05. The second-order valence-electron chi connectivity index (χ2n) is 5.26. The Kier molecular flexibility index (Phi) is 4.14. The lowest BCUT2D eigenvalue weighted by molar-refractivity contribution is 0.0909. The van der Waals surface area contributed by atoms with Gasteiger partial charge in [0.1, 0.15) is 5.69 Å². The summed E-state index contributed by atoms with van der Waals surface area (Å²) in [6.45, 7) is 2.66. The third-order valence-electron chi connectivity index (χ3n) is 3.46. The van der Waals surface area contributed by atoms with Gasteiger partial charge in [-0.1, -0.05) is 12.1 Å². The summed E-state index contributed by atoms with van der Waals surface area (Å²) in [5.41, 5.74) is 2.57. The summed E-state index contributed by atoms with van der Waals surface area (Å²) < 4.78 is 4.98. The molecule has 23 heavy (non-hydrogen) atoms. The first-order valence-corrected chi connectivity index (χ1v) is 7.33. The summed E-state index contributed by atoms with van der Waals surface area (Å²) >= 11 is 0. The molecule has 3 aromatic rings. The van der Waals surface area contributed by atoms with Crippen molar-refractivity contribution in [3.05, 3.63) is 59.7 Å². The lowest BCUT2D eigenvalue weighted by atomic mass is 10.2. The highest BCUT2D eigenvalue weighted by Crippen LogP contribution is 2.16. The molecule has 3 N–H and O–H groups in total. The van der Waals surface area contributed by atoms with Crippen LogP contribution in [-0.2, 0) is 0 Å². The zero-order chi connectivity index (χ0) is 16.2. The Bertz CT molecular complexity index is 834. The molecule has 0 aliphatic carbocycles. The van der Waals surface area contributed by atoms with E-state index in [4.69, 9.17) is 4.42 Å². The van der Waals surface area contributed by atoms with Crippen molar-refractivity contribution in [2.75, 3.05) is 13.1 Å². The van der Waals surface area contributed by atoms with E-state index < -0.39 is 0 Å². The molecule has 6 nitrogen and oxygen atoms in total. The molecule has 0 radical (unpaired) electrons. The monoisotopic (exact) mass is 311 g/mol. The third-order valence-corrected chi connectivity index (χ3v) is 3.46. The van der Waals surface area contributed by atoms with Gasteiger partial charge in [-0.15, -0.1) is 0 Å². The summed E-state index contributed by atoms with van der Waals surface area (Å²) in [5, 5.41) is 6.42. The molecule has 0 atom stereocenters. The molecule has 0 spiro atoms. The van der Waals surface area contributed by atoms with Gasteiger partial charge in [0.2, 0.25) is 0 Å². The zero-order valence-electron chi connectivity index (χ0n) is 12.7. The van der Waals surface area contributed by atoms with Gasteiger partial charge in [-0.2, -0.15) is 0 Å². The van der Waals surface area contributed by atoms with E-state index in [1.165, 1.54) is 6.26 Å². The quantitative estimate of drug-likeness (QED) is 0.631. The number of amides is 2. The van der Waals surface area contributed by atoms with Gasteiger partial charge in [-0.3, -0.25) is 9.59 Å². The van der Waals surface area contributed by atoms with Gasteiger partial charge in [-0.25, -0.2) is 0 Å². The predicted octanol–water partition coefficient (Wildman–Crippen LogP) is 2.23. The van der Waals surface area contributed by atoms with Crippen LogP contribution >= 0.6 is 0 Å². The number of furan rings is 1. The Morgan fingerprint density at radius 3 is 2.61 bits per heavy atom. The van der Waals surface area contributed by atoms with Crippen molar-refractivity contribution >= 4 is 22.7 Å². The highest BCUT2D eigenvalue weighted by Gasteiger charge is 2.10. The van der Waals surface area contributed by atoms with Crippen LogP contribution in [0.5, 0.6) is 0 Å². The van der Waals surface area contributed by atoms with E-state index in [-0.39, 0.29) is 17.6 Å². The normalized spacial score (nSPS) is 10.7. The number of hydrogen-bond donors (Lipinski definition) is 3. The van der Waals surface area contributed by atoms with E-state index in [0.717, 1.165) is 16.5 Å². The summed E-state index contributed by atoms with van der Waals surface area (Å²) in [4.78, 5) is 26.8. The molecule has 0 saturated heterocycles. The first-order chi connectivity index (χ1) is 11.1. The minimum Gasteiger partial charge on any atom is -0.459 e.